The highest BCUT2D eigenvalue weighted by Crippen LogP contribution is 2.41. The molecule has 3 aromatic rings. The van der Waals surface area contributed by atoms with Crippen molar-refractivity contribution >= 4 is 17.6 Å². The normalized spacial score (nSPS) is 24.9. The summed E-state index contributed by atoms with van der Waals surface area (Å²) in [6.07, 6.45) is -2.24. The maximum absolute atomic E-state index is 14.1. The summed E-state index contributed by atoms with van der Waals surface area (Å²) in [6.45, 7) is 3.01. The molecule has 3 fully saturated rings. The second-order valence-electron chi connectivity index (χ2n) is 12.2. The number of imidazole rings is 1. The first-order valence-corrected chi connectivity index (χ1v) is 15.5. The van der Waals surface area contributed by atoms with Crippen LogP contribution in [0.4, 0.5) is 22.0 Å². The first-order chi connectivity index (χ1) is 21.9. The number of rotatable bonds is 8. The zero-order chi connectivity index (χ0) is 32.6. The average molecular weight is 654 g/mol. The van der Waals surface area contributed by atoms with Crippen molar-refractivity contribution in [3.8, 4) is 0 Å². The van der Waals surface area contributed by atoms with Crippen molar-refractivity contribution in [1.82, 2.24) is 45.3 Å². The third-order valence-electron chi connectivity index (χ3n) is 9.14. The first kappa shape index (κ1) is 32.2. The van der Waals surface area contributed by atoms with Crippen molar-refractivity contribution in [3.05, 3.63) is 41.2 Å². The monoisotopic (exact) mass is 653 g/mol. The Morgan fingerprint density at radius 2 is 2.02 bits per heavy atom. The second-order valence-corrected chi connectivity index (χ2v) is 12.2. The summed E-state index contributed by atoms with van der Waals surface area (Å²) in [5.74, 6) is -6.59. The van der Waals surface area contributed by atoms with Gasteiger partial charge in [0.1, 0.15) is 5.69 Å². The van der Waals surface area contributed by atoms with Gasteiger partial charge in [0.2, 0.25) is 11.8 Å². The molecule has 2 saturated heterocycles. The van der Waals surface area contributed by atoms with E-state index in [-0.39, 0.29) is 56.8 Å². The van der Waals surface area contributed by atoms with Crippen LogP contribution in [0.2, 0.25) is 0 Å². The van der Waals surface area contributed by atoms with Gasteiger partial charge >= 0.3 is 6.18 Å². The molecule has 0 radical (unpaired) electrons. The summed E-state index contributed by atoms with van der Waals surface area (Å²) in [6, 6.07) is 0.365. The molecule has 0 spiro atoms. The maximum atomic E-state index is 14.1. The lowest BCUT2D eigenvalue weighted by molar-refractivity contribution is -0.183. The topological polar surface area (TPSA) is 140 Å². The number of aromatic nitrogens is 6. The van der Waals surface area contributed by atoms with E-state index in [4.69, 9.17) is 9.72 Å². The van der Waals surface area contributed by atoms with Gasteiger partial charge in [-0.1, -0.05) is 0 Å². The van der Waals surface area contributed by atoms with Crippen LogP contribution in [-0.2, 0) is 22.5 Å². The van der Waals surface area contributed by atoms with Gasteiger partial charge in [0, 0.05) is 51.0 Å². The van der Waals surface area contributed by atoms with Crippen LogP contribution in [0.3, 0.4) is 0 Å². The summed E-state index contributed by atoms with van der Waals surface area (Å²) in [7, 11) is 0. The van der Waals surface area contributed by atoms with E-state index in [0.717, 1.165) is 0 Å². The van der Waals surface area contributed by atoms with Gasteiger partial charge in [0.25, 0.3) is 11.7 Å². The third-order valence-corrected chi connectivity index (χ3v) is 9.14. The van der Waals surface area contributed by atoms with Gasteiger partial charge in [-0.2, -0.15) is 23.4 Å². The predicted molar refractivity (Wildman–Crippen MR) is 152 cm³/mol. The highest BCUT2D eigenvalue weighted by atomic mass is 19.4. The summed E-state index contributed by atoms with van der Waals surface area (Å²) >= 11 is 0. The molecule has 1 aliphatic carbocycles. The molecule has 0 bridgehead atoms. The van der Waals surface area contributed by atoms with Crippen LogP contribution in [0, 0.1) is 17.8 Å². The number of carbonyl (C=O) groups excluding carboxylic acids is 2. The number of nitrogens with one attached hydrogen (secondary N) is 3. The molecule has 5 heterocycles. The Bertz CT molecular complexity index is 1560. The molecule has 3 aliphatic rings. The Kier molecular flexibility index (Phi) is 8.98. The molecule has 4 atom stereocenters. The maximum Gasteiger partial charge on any atom is 0.393 e. The Labute approximate surface area is 260 Å². The van der Waals surface area contributed by atoms with Crippen molar-refractivity contribution in [2.45, 2.75) is 76.2 Å². The summed E-state index contributed by atoms with van der Waals surface area (Å²) < 4.78 is 77.4. The van der Waals surface area contributed by atoms with Crippen molar-refractivity contribution in [1.29, 1.82) is 0 Å². The largest absolute Gasteiger partial charge is 0.393 e. The Morgan fingerprint density at radius 1 is 1.24 bits per heavy atom. The lowest BCUT2D eigenvalue weighted by atomic mass is 9.81. The molecule has 1 saturated carbocycles. The minimum absolute atomic E-state index is 0.0960. The molecule has 0 aromatic carbocycles. The number of piperidine rings is 1. The molecule has 6 rings (SSSR count). The van der Waals surface area contributed by atoms with E-state index in [1.807, 2.05) is 6.92 Å². The number of aryl methyl sites for hydroxylation is 1. The zero-order valence-electron chi connectivity index (χ0n) is 25.2. The molecule has 2 aliphatic heterocycles. The van der Waals surface area contributed by atoms with Crippen LogP contribution >= 0.6 is 0 Å². The van der Waals surface area contributed by atoms with E-state index >= 15 is 0 Å². The number of amides is 2. The van der Waals surface area contributed by atoms with Crippen LogP contribution in [0.1, 0.15) is 78.7 Å². The van der Waals surface area contributed by atoms with E-state index in [0.29, 0.717) is 42.5 Å². The molecule has 3 N–H and O–H groups in total. The quantitative estimate of drug-likeness (QED) is 0.315. The number of alkyl halides is 5. The molecule has 46 heavy (non-hydrogen) atoms. The van der Waals surface area contributed by atoms with E-state index in [2.05, 4.69) is 31.1 Å². The minimum atomic E-state index is -4.46. The molecule has 3 aromatic heterocycles. The standard InChI is InChI=1S/C29H36F5N9O3/c1-2-42-22(5-8-37-42)26(45)39-23(16-3-6-28(30,31)7-4-16)20-14-43-27(38-20)40-24(21-15-46-10-9-35-21)19(41-43)12-17-11-18(29(32,33)34)13-36-25(17)44/h5,8,14,16-18,21,23,35H,2-4,6-7,9-13,15H2,1H3,(H,36,44)(H,39,45)/t17-,18-,21?,23+/m1/s1. The van der Waals surface area contributed by atoms with Gasteiger partial charge in [0.15, 0.2) is 0 Å². The Balaban J connectivity index is 1.35. The molecule has 12 nitrogen and oxygen atoms in total. The number of hydrogen-bond donors (Lipinski definition) is 3. The van der Waals surface area contributed by atoms with Gasteiger partial charge in [-0.15, -0.1) is 0 Å². The molecule has 250 valence electrons. The molecular formula is C29H36F5N9O3. The number of carbonyl (C=O) groups is 2. The molecule has 17 heteroatoms. The molecular weight excluding hydrogens is 617 g/mol. The Morgan fingerprint density at radius 3 is 2.72 bits per heavy atom. The number of nitrogens with zero attached hydrogens (tertiary/aromatic N) is 6. The predicted octanol–water partition coefficient (Wildman–Crippen LogP) is 3.16. The van der Waals surface area contributed by atoms with Gasteiger partial charge in [-0.25, -0.2) is 23.3 Å². The average Bonchev–Trinajstić information content (AvgIpc) is 3.67. The van der Waals surface area contributed by atoms with Gasteiger partial charge in [-0.05, 0) is 38.2 Å². The van der Waals surface area contributed by atoms with Crippen molar-refractivity contribution in [2.24, 2.45) is 17.8 Å². The van der Waals surface area contributed by atoms with E-state index < -0.39 is 54.4 Å². The van der Waals surface area contributed by atoms with Crippen molar-refractivity contribution in [3.63, 3.8) is 0 Å². The SMILES string of the molecule is CCn1nccc1C(=O)N[C@H](c1cn2nc(C[C@H]3C[C@@H](C(F)(F)F)CNC3=O)c(C3COCCN3)nc2n1)C1CCC(F)(F)CC1. The number of morpholine rings is 1. The fourth-order valence-corrected chi connectivity index (χ4v) is 6.58. The first-order valence-electron chi connectivity index (χ1n) is 15.5. The third kappa shape index (κ3) is 6.84. The summed E-state index contributed by atoms with van der Waals surface area (Å²) in [5, 5.41) is 17.5. The minimum Gasteiger partial charge on any atom is -0.378 e. The van der Waals surface area contributed by atoms with Gasteiger partial charge in [-0.3, -0.25) is 14.3 Å². The van der Waals surface area contributed by atoms with Crippen LogP contribution in [-0.4, -0.2) is 79.6 Å². The Hall–Kier alpha value is -3.73. The second kappa shape index (κ2) is 12.8. The van der Waals surface area contributed by atoms with Gasteiger partial charge in [0.05, 0.1) is 54.5 Å². The van der Waals surface area contributed by atoms with E-state index in [1.165, 1.54) is 15.4 Å². The fourth-order valence-electron chi connectivity index (χ4n) is 6.58. The summed E-state index contributed by atoms with van der Waals surface area (Å²) in [4.78, 5) is 35.5. The van der Waals surface area contributed by atoms with Crippen molar-refractivity contribution in [2.75, 3.05) is 26.3 Å². The highest BCUT2D eigenvalue weighted by molar-refractivity contribution is 5.92. The number of hydrogen-bond acceptors (Lipinski definition) is 8. The lowest BCUT2D eigenvalue weighted by Gasteiger charge is -2.33. The molecule has 1 unspecified atom stereocenters. The van der Waals surface area contributed by atoms with Crippen molar-refractivity contribution < 1.29 is 36.3 Å². The number of ether oxygens (including phenoxy) is 1. The van der Waals surface area contributed by atoms with Crippen LogP contribution in [0.5, 0.6) is 0 Å². The lowest BCUT2D eigenvalue weighted by Crippen LogP contribution is -2.47. The summed E-state index contributed by atoms with van der Waals surface area (Å²) in [5.41, 5.74) is 1.38. The fraction of sp³-hybridized carbons (Fsp3) is 0.655. The number of halogens is 5. The molecule has 2 amide bonds. The van der Waals surface area contributed by atoms with E-state index in [9.17, 15) is 31.5 Å². The smallest absolute Gasteiger partial charge is 0.378 e. The van der Waals surface area contributed by atoms with Crippen LogP contribution in [0.25, 0.3) is 5.78 Å². The van der Waals surface area contributed by atoms with E-state index in [1.54, 1.807) is 12.3 Å². The van der Waals surface area contributed by atoms with Crippen LogP contribution in [0.15, 0.2) is 18.5 Å². The van der Waals surface area contributed by atoms with Gasteiger partial charge < -0.3 is 20.7 Å². The number of fused-ring (bicyclic) bond motifs is 1. The highest BCUT2D eigenvalue weighted by Gasteiger charge is 2.45. The zero-order valence-corrected chi connectivity index (χ0v) is 25.2. The van der Waals surface area contributed by atoms with Crippen LogP contribution < -0.4 is 16.0 Å².